The van der Waals surface area contributed by atoms with Gasteiger partial charge in [-0.05, 0) is 25.0 Å². The first-order valence-corrected chi connectivity index (χ1v) is 7.51. The number of carbonyl (C=O) groups excluding carboxylic acids is 1. The van der Waals surface area contributed by atoms with Gasteiger partial charge in [-0.15, -0.1) is 0 Å². The second-order valence-electron chi connectivity index (χ2n) is 5.52. The fourth-order valence-electron chi connectivity index (χ4n) is 3.07. The molecule has 2 aromatic rings. The average molecular weight is 284 g/mol. The van der Waals surface area contributed by atoms with Crippen LogP contribution in [0.15, 0.2) is 30.5 Å². The number of hydrogen-bond donors (Lipinski definition) is 0. The molecule has 0 atom stereocenters. The van der Waals surface area contributed by atoms with E-state index in [0.29, 0.717) is 17.3 Å². The summed E-state index contributed by atoms with van der Waals surface area (Å²) < 4.78 is 7.37. The van der Waals surface area contributed by atoms with E-state index in [9.17, 15) is 4.79 Å². The van der Waals surface area contributed by atoms with Crippen molar-refractivity contribution in [2.24, 2.45) is 0 Å². The van der Waals surface area contributed by atoms with Gasteiger partial charge < -0.3 is 4.74 Å². The summed E-state index contributed by atoms with van der Waals surface area (Å²) in [6.45, 7) is 0. The van der Waals surface area contributed by atoms with Crippen LogP contribution in [0.25, 0.3) is 11.3 Å². The van der Waals surface area contributed by atoms with E-state index < -0.39 is 0 Å². The van der Waals surface area contributed by atoms with Crippen molar-refractivity contribution in [3.8, 4) is 17.0 Å². The van der Waals surface area contributed by atoms with E-state index in [0.717, 1.165) is 30.4 Å². The summed E-state index contributed by atoms with van der Waals surface area (Å²) in [4.78, 5) is 11.4. The Balaban J connectivity index is 2.01. The van der Waals surface area contributed by atoms with Gasteiger partial charge >= 0.3 is 0 Å². The van der Waals surface area contributed by atoms with E-state index in [-0.39, 0.29) is 0 Å². The maximum atomic E-state index is 11.4. The van der Waals surface area contributed by atoms with Crippen molar-refractivity contribution in [1.29, 1.82) is 0 Å². The normalized spacial score (nSPS) is 15.9. The lowest BCUT2D eigenvalue weighted by molar-refractivity contribution is 0.112. The summed E-state index contributed by atoms with van der Waals surface area (Å²) in [5.41, 5.74) is 2.22. The summed E-state index contributed by atoms with van der Waals surface area (Å²) in [5, 5.41) is 4.69. The monoisotopic (exact) mass is 284 g/mol. The highest BCUT2D eigenvalue weighted by atomic mass is 16.5. The van der Waals surface area contributed by atoms with Crippen molar-refractivity contribution in [1.82, 2.24) is 9.78 Å². The van der Waals surface area contributed by atoms with Crippen LogP contribution in [0, 0.1) is 0 Å². The molecule has 0 bridgehead atoms. The van der Waals surface area contributed by atoms with Crippen molar-refractivity contribution < 1.29 is 9.53 Å². The Bertz CT molecular complexity index is 627. The zero-order valence-electron chi connectivity index (χ0n) is 12.3. The smallest absolute Gasteiger partial charge is 0.153 e. The summed E-state index contributed by atoms with van der Waals surface area (Å²) in [6.07, 6.45) is 8.84. The lowest BCUT2D eigenvalue weighted by atomic mass is 9.96. The number of hydrogen-bond acceptors (Lipinski definition) is 3. The van der Waals surface area contributed by atoms with Gasteiger partial charge in [-0.2, -0.15) is 5.10 Å². The van der Waals surface area contributed by atoms with E-state index >= 15 is 0 Å². The Morgan fingerprint density at radius 3 is 2.71 bits per heavy atom. The van der Waals surface area contributed by atoms with Crippen LogP contribution < -0.4 is 4.74 Å². The molecule has 21 heavy (non-hydrogen) atoms. The first kappa shape index (κ1) is 13.9. The van der Waals surface area contributed by atoms with Crippen LogP contribution >= 0.6 is 0 Å². The molecule has 0 radical (unpaired) electrons. The molecule has 0 N–H and O–H groups in total. The molecule has 3 rings (SSSR count). The van der Waals surface area contributed by atoms with E-state index in [2.05, 4.69) is 5.10 Å². The quantitative estimate of drug-likeness (QED) is 0.800. The van der Waals surface area contributed by atoms with Gasteiger partial charge in [0.25, 0.3) is 0 Å². The largest absolute Gasteiger partial charge is 0.496 e. The molecule has 0 amide bonds. The topological polar surface area (TPSA) is 44.1 Å². The number of methoxy groups -OCH3 is 1. The third kappa shape index (κ3) is 2.71. The lowest BCUT2D eigenvalue weighted by Crippen LogP contribution is -2.13. The molecule has 1 aromatic carbocycles. The number of carbonyl (C=O) groups is 1. The van der Waals surface area contributed by atoms with E-state index in [1.165, 1.54) is 19.3 Å². The Kier molecular flexibility index (Phi) is 4.04. The highest BCUT2D eigenvalue weighted by molar-refractivity contribution is 5.87. The SMILES string of the molecule is COc1ccccc1-c1nn(C2CCCCC2)cc1C=O. The molecule has 1 aliphatic carbocycles. The van der Waals surface area contributed by atoms with Gasteiger partial charge in [-0.1, -0.05) is 31.4 Å². The first-order chi connectivity index (χ1) is 10.3. The van der Waals surface area contributed by atoms with Crippen molar-refractivity contribution in [2.75, 3.05) is 7.11 Å². The molecule has 1 saturated carbocycles. The minimum atomic E-state index is 0.418. The predicted molar refractivity (Wildman–Crippen MR) is 81.7 cm³/mol. The Morgan fingerprint density at radius 1 is 1.24 bits per heavy atom. The first-order valence-electron chi connectivity index (χ1n) is 7.51. The predicted octanol–water partition coefficient (Wildman–Crippen LogP) is 3.88. The third-order valence-electron chi connectivity index (χ3n) is 4.20. The highest BCUT2D eigenvalue weighted by Gasteiger charge is 2.20. The number of aldehydes is 1. The number of nitrogens with zero attached hydrogens (tertiary/aromatic N) is 2. The molecular formula is C17H20N2O2. The third-order valence-corrected chi connectivity index (χ3v) is 4.20. The molecule has 0 spiro atoms. The molecule has 1 heterocycles. The van der Waals surface area contributed by atoms with Crippen LogP contribution in [0.5, 0.6) is 5.75 Å². The maximum absolute atomic E-state index is 11.4. The van der Waals surface area contributed by atoms with Gasteiger partial charge in [0, 0.05) is 11.8 Å². The minimum absolute atomic E-state index is 0.418. The van der Waals surface area contributed by atoms with Crippen molar-refractivity contribution in [3.05, 3.63) is 36.0 Å². The number of para-hydroxylation sites is 1. The molecule has 110 valence electrons. The Hall–Kier alpha value is -2.10. The van der Waals surface area contributed by atoms with Crippen molar-refractivity contribution in [3.63, 3.8) is 0 Å². The van der Waals surface area contributed by atoms with Gasteiger partial charge in [-0.25, -0.2) is 0 Å². The highest BCUT2D eigenvalue weighted by Crippen LogP contribution is 2.33. The molecular weight excluding hydrogens is 264 g/mol. The van der Waals surface area contributed by atoms with Gasteiger partial charge in [0.2, 0.25) is 0 Å². The molecule has 0 aliphatic heterocycles. The standard InChI is InChI=1S/C17H20N2O2/c1-21-16-10-6-5-9-15(16)17-13(12-20)11-19(18-17)14-7-3-2-4-8-14/h5-6,9-12,14H,2-4,7-8H2,1H3. The van der Waals surface area contributed by atoms with Crippen LogP contribution in [-0.4, -0.2) is 23.2 Å². The summed E-state index contributed by atoms with van der Waals surface area (Å²) in [6, 6.07) is 8.11. The molecule has 0 unspecified atom stereocenters. The maximum Gasteiger partial charge on any atom is 0.153 e. The number of aromatic nitrogens is 2. The number of rotatable bonds is 4. The fraction of sp³-hybridized carbons (Fsp3) is 0.412. The minimum Gasteiger partial charge on any atom is -0.496 e. The molecule has 1 aromatic heterocycles. The zero-order valence-corrected chi connectivity index (χ0v) is 12.3. The van der Waals surface area contributed by atoms with Gasteiger partial charge in [0.05, 0.1) is 18.7 Å². The molecule has 4 nitrogen and oxygen atoms in total. The van der Waals surface area contributed by atoms with Gasteiger partial charge in [0.1, 0.15) is 11.4 Å². The van der Waals surface area contributed by atoms with Crippen LogP contribution in [0.4, 0.5) is 0 Å². The summed E-state index contributed by atoms with van der Waals surface area (Å²) in [7, 11) is 1.64. The van der Waals surface area contributed by atoms with Crippen LogP contribution in [0.1, 0.15) is 48.5 Å². The summed E-state index contributed by atoms with van der Waals surface area (Å²) >= 11 is 0. The van der Waals surface area contributed by atoms with Crippen LogP contribution in [0.3, 0.4) is 0 Å². The van der Waals surface area contributed by atoms with Crippen molar-refractivity contribution in [2.45, 2.75) is 38.1 Å². The van der Waals surface area contributed by atoms with Gasteiger partial charge in [-0.3, -0.25) is 9.48 Å². The van der Waals surface area contributed by atoms with E-state index in [1.54, 1.807) is 7.11 Å². The Morgan fingerprint density at radius 2 is 2.00 bits per heavy atom. The molecule has 1 aliphatic rings. The van der Waals surface area contributed by atoms with Gasteiger partial charge in [0.15, 0.2) is 6.29 Å². The second-order valence-corrected chi connectivity index (χ2v) is 5.52. The zero-order chi connectivity index (χ0) is 14.7. The molecule has 4 heteroatoms. The lowest BCUT2D eigenvalue weighted by Gasteiger charge is -2.21. The van der Waals surface area contributed by atoms with E-state index in [4.69, 9.17) is 4.74 Å². The van der Waals surface area contributed by atoms with E-state index in [1.807, 2.05) is 35.1 Å². The summed E-state index contributed by atoms with van der Waals surface area (Å²) in [5.74, 6) is 0.745. The average Bonchev–Trinajstić information content (AvgIpc) is 2.99. The van der Waals surface area contributed by atoms with Crippen molar-refractivity contribution >= 4 is 6.29 Å². The molecule has 0 saturated heterocycles. The Labute approximate surface area is 124 Å². The molecule has 1 fully saturated rings. The number of ether oxygens (including phenoxy) is 1. The fourth-order valence-corrected chi connectivity index (χ4v) is 3.07. The number of benzene rings is 1. The second kappa shape index (κ2) is 6.12. The van der Waals surface area contributed by atoms with Crippen LogP contribution in [0.2, 0.25) is 0 Å². The van der Waals surface area contributed by atoms with Crippen LogP contribution in [-0.2, 0) is 0 Å².